The zero-order chi connectivity index (χ0) is 80.1. The Morgan fingerprint density at radius 2 is 0.358 bits per heavy atom. The molecule has 0 saturated carbocycles. The fourth-order valence-electron chi connectivity index (χ4n) is 17.0. The lowest BCUT2D eigenvalue weighted by molar-refractivity contribution is 1.18. The van der Waals surface area contributed by atoms with E-state index in [0.29, 0.717) is 5.56 Å². The SMILES string of the molecule is N#Cc1ccc(-c2cccc(-c3ccc(N(c4ccc(-c5ccccc5)cc4)c4ccc(-c5cccc(-n6c7ccccc7c7ccccc76)c5)cc4)cc3)c2)cc1.c1ccc(-c2ccc(-c3ccc(-c4ccc(N(c5ccc(-c6ccccc6)cc5)c5ccc(-c6ccc(-n7c8ccccc8c8ccccc87)cc6)cc5)cc4)cc3)cc2)cc1. The van der Waals surface area contributed by atoms with Gasteiger partial charge in [0.1, 0.15) is 0 Å². The quantitative estimate of drug-likeness (QED) is 0.0912. The summed E-state index contributed by atoms with van der Waals surface area (Å²) in [5.74, 6) is 0. The van der Waals surface area contributed by atoms with E-state index in [1.165, 1.54) is 110 Å². The van der Waals surface area contributed by atoms with E-state index in [2.05, 4.69) is 480 Å². The number of rotatable bonds is 17. The Bertz CT molecular complexity index is 7110. The van der Waals surface area contributed by atoms with Crippen LogP contribution in [-0.4, -0.2) is 9.13 Å². The first-order valence-corrected chi connectivity index (χ1v) is 40.8. The maximum atomic E-state index is 9.26. The van der Waals surface area contributed by atoms with Gasteiger partial charge >= 0.3 is 0 Å². The van der Waals surface area contributed by atoms with E-state index >= 15 is 0 Å². The van der Waals surface area contributed by atoms with Crippen molar-refractivity contribution in [3.8, 4) is 118 Å². The Morgan fingerprint density at radius 3 is 0.642 bits per heavy atom. The van der Waals surface area contributed by atoms with Crippen molar-refractivity contribution in [1.29, 1.82) is 5.26 Å². The summed E-state index contributed by atoms with van der Waals surface area (Å²) in [5, 5.41) is 14.3. The molecule has 0 N–H and O–H groups in total. The highest BCUT2D eigenvalue weighted by Crippen LogP contribution is 2.43. The first-order valence-electron chi connectivity index (χ1n) is 40.8. The smallest absolute Gasteiger partial charge is 0.0991 e. The van der Waals surface area contributed by atoms with Gasteiger partial charge in [0, 0.05) is 67.0 Å². The molecule has 0 aliphatic carbocycles. The van der Waals surface area contributed by atoms with Gasteiger partial charge in [-0.3, -0.25) is 0 Å². The molecule has 564 valence electrons. The van der Waals surface area contributed by atoms with Crippen molar-refractivity contribution in [2.45, 2.75) is 0 Å². The van der Waals surface area contributed by atoms with Crippen LogP contribution in [0, 0.1) is 11.3 Å². The van der Waals surface area contributed by atoms with Crippen LogP contribution in [0.25, 0.3) is 155 Å². The second-order valence-electron chi connectivity index (χ2n) is 30.3. The highest BCUT2D eigenvalue weighted by Gasteiger charge is 2.20. The predicted molar refractivity (Wildman–Crippen MR) is 505 cm³/mol. The number of hydrogen-bond acceptors (Lipinski definition) is 3. The van der Waals surface area contributed by atoms with Gasteiger partial charge in [-0.2, -0.15) is 5.26 Å². The molecule has 2 heterocycles. The first-order chi connectivity index (χ1) is 59.4. The summed E-state index contributed by atoms with van der Waals surface area (Å²) in [4.78, 5) is 4.67. The van der Waals surface area contributed by atoms with E-state index in [0.717, 1.165) is 78.9 Å². The number of nitrogens with zero attached hydrogens (tertiary/aromatic N) is 5. The van der Waals surface area contributed by atoms with Crippen LogP contribution in [0.1, 0.15) is 5.56 Å². The molecule has 120 heavy (non-hydrogen) atoms. The molecule has 0 unspecified atom stereocenters. The number of hydrogen-bond donors (Lipinski definition) is 0. The van der Waals surface area contributed by atoms with Gasteiger partial charge in [0.05, 0.1) is 33.7 Å². The highest BCUT2D eigenvalue weighted by molar-refractivity contribution is 6.10. The highest BCUT2D eigenvalue weighted by atomic mass is 15.1. The molecule has 0 amide bonds. The van der Waals surface area contributed by atoms with Crippen LogP contribution in [0.2, 0.25) is 0 Å². The van der Waals surface area contributed by atoms with Crippen LogP contribution < -0.4 is 9.80 Å². The number of fused-ring (bicyclic) bond motifs is 6. The van der Waals surface area contributed by atoms with E-state index < -0.39 is 0 Å². The summed E-state index contributed by atoms with van der Waals surface area (Å²) in [5.41, 5.74) is 35.5. The molecule has 0 atom stereocenters. The van der Waals surface area contributed by atoms with Crippen LogP contribution >= 0.6 is 0 Å². The number of aromatic nitrogens is 2. The summed E-state index contributed by atoms with van der Waals surface area (Å²) in [6.45, 7) is 0. The number of para-hydroxylation sites is 4. The lowest BCUT2D eigenvalue weighted by Gasteiger charge is -2.26. The Hall–Kier alpha value is -16.1. The summed E-state index contributed by atoms with van der Waals surface area (Å²) in [6, 6.07) is 174. The largest absolute Gasteiger partial charge is 0.311 e. The average Bonchev–Trinajstić information content (AvgIpc) is 1.60. The molecule has 21 aromatic rings. The molecule has 21 rings (SSSR count). The molecule has 0 bridgehead atoms. The summed E-state index contributed by atoms with van der Waals surface area (Å²) >= 11 is 0. The monoisotopic (exact) mass is 1530 g/mol. The molecule has 19 aromatic carbocycles. The number of nitriles is 1. The van der Waals surface area contributed by atoms with Crippen molar-refractivity contribution in [3.63, 3.8) is 0 Å². The van der Waals surface area contributed by atoms with Gasteiger partial charge in [-0.25, -0.2) is 0 Å². The molecule has 0 aliphatic rings. The van der Waals surface area contributed by atoms with Gasteiger partial charge in [-0.05, 0) is 240 Å². The summed E-state index contributed by atoms with van der Waals surface area (Å²) in [6.07, 6.45) is 0. The van der Waals surface area contributed by atoms with Gasteiger partial charge in [-0.1, -0.05) is 340 Å². The summed E-state index contributed by atoms with van der Waals surface area (Å²) in [7, 11) is 0. The van der Waals surface area contributed by atoms with Crippen LogP contribution in [-0.2, 0) is 0 Å². The minimum absolute atomic E-state index is 0.661. The molecular formula is C115H79N5. The lowest BCUT2D eigenvalue weighted by atomic mass is 9.98. The van der Waals surface area contributed by atoms with Crippen molar-refractivity contribution in [3.05, 3.63) is 485 Å². The number of anilines is 6. The van der Waals surface area contributed by atoms with E-state index in [1.54, 1.807) is 0 Å². The van der Waals surface area contributed by atoms with Crippen molar-refractivity contribution >= 4 is 77.7 Å². The maximum Gasteiger partial charge on any atom is 0.0991 e. The molecule has 0 fully saturated rings. The molecule has 2 aromatic heterocycles. The van der Waals surface area contributed by atoms with Crippen LogP contribution in [0.4, 0.5) is 34.1 Å². The van der Waals surface area contributed by atoms with Gasteiger partial charge in [0.2, 0.25) is 0 Å². The van der Waals surface area contributed by atoms with E-state index in [4.69, 9.17) is 0 Å². The van der Waals surface area contributed by atoms with Crippen LogP contribution in [0.3, 0.4) is 0 Å². The van der Waals surface area contributed by atoms with Crippen molar-refractivity contribution < 1.29 is 0 Å². The van der Waals surface area contributed by atoms with Gasteiger partial charge in [0.25, 0.3) is 0 Å². The van der Waals surface area contributed by atoms with Crippen molar-refractivity contribution in [2.75, 3.05) is 9.80 Å². The molecule has 0 radical (unpaired) electrons. The second kappa shape index (κ2) is 32.6. The van der Waals surface area contributed by atoms with Crippen LogP contribution in [0.5, 0.6) is 0 Å². The van der Waals surface area contributed by atoms with Crippen LogP contribution in [0.15, 0.2) is 479 Å². The Labute approximate surface area is 699 Å². The normalized spacial score (nSPS) is 11.2. The Morgan fingerprint density at radius 1 is 0.158 bits per heavy atom. The zero-order valence-electron chi connectivity index (χ0n) is 65.8. The molecular weight excluding hydrogens is 1450 g/mol. The third-order valence-corrected chi connectivity index (χ3v) is 23.1. The average molecular weight is 1530 g/mol. The van der Waals surface area contributed by atoms with Crippen molar-refractivity contribution in [1.82, 2.24) is 9.13 Å². The molecule has 0 saturated heterocycles. The fourth-order valence-corrected chi connectivity index (χ4v) is 17.0. The first kappa shape index (κ1) is 72.8. The molecule has 5 nitrogen and oxygen atoms in total. The Balaban J connectivity index is 0.000000154. The third-order valence-electron chi connectivity index (χ3n) is 23.1. The second-order valence-corrected chi connectivity index (χ2v) is 30.3. The predicted octanol–water partition coefficient (Wildman–Crippen LogP) is 31.4. The zero-order valence-corrected chi connectivity index (χ0v) is 65.8. The minimum Gasteiger partial charge on any atom is -0.311 e. The third kappa shape index (κ3) is 14.7. The van der Waals surface area contributed by atoms with Crippen molar-refractivity contribution in [2.24, 2.45) is 0 Å². The fraction of sp³-hybridized carbons (Fsp3) is 0. The molecule has 0 aliphatic heterocycles. The molecule has 5 heteroatoms. The topological polar surface area (TPSA) is 40.1 Å². The van der Waals surface area contributed by atoms with Gasteiger partial charge in [-0.15, -0.1) is 0 Å². The van der Waals surface area contributed by atoms with E-state index in [-0.39, 0.29) is 0 Å². The number of benzene rings is 19. The standard InChI is InChI=1S/C60H42N2.C55H37N3/c1-3-11-43(12-4-1)45-19-21-46(22-20-45)47-23-25-48(26-24-47)50-29-37-54(38-30-50)61(53-35-27-49(28-36-53)44-13-5-2-6-14-44)55-39-31-51(32-40-55)52-33-41-56(42-34-52)62-59-17-9-7-15-57(59)58-16-8-10-18-60(58)62;56-38-39-20-22-42(23-21-39)45-12-8-13-46(36-45)43-26-32-49(33-27-43)57(48-30-24-41(25-31-48)40-10-2-1-3-11-40)50-34-28-44(29-35-50)47-14-9-15-51(37-47)58-54-18-6-4-16-52(54)53-17-5-7-19-55(53)58/h1-42H;1-37H. The van der Waals surface area contributed by atoms with E-state index in [9.17, 15) is 5.26 Å². The van der Waals surface area contributed by atoms with E-state index in [1.807, 2.05) is 24.3 Å². The maximum absolute atomic E-state index is 9.26. The molecule has 0 spiro atoms. The van der Waals surface area contributed by atoms with Gasteiger partial charge in [0.15, 0.2) is 0 Å². The minimum atomic E-state index is 0.661. The summed E-state index contributed by atoms with van der Waals surface area (Å²) < 4.78 is 4.74. The Kier molecular flexibility index (Phi) is 19.8. The van der Waals surface area contributed by atoms with Gasteiger partial charge < -0.3 is 18.9 Å². The lowest BCUT2D eigenvalue weighted by Crippen LogP contribution is -2.09.